The van der Waals surface area contributed by atoms with Crippen molar-refractivity contribution in [2.75, 3.05) is 36.4 Å². The highest BCUT2D eigenvalue weighted by atomic mass is 19.1. The highest BCUT2D eigenvalue weighted by molar-refractivity contribution is 5.82. The van der Waals surface area contributed by atoms with Crippen LogP contribution in [0.1, 0.15) is 5.69 Å². The molecule has 5 rings (SSSR count). The van der Waals surface area contributed by atoms with Gasteiger partial charge in [-0.3, -0.25) is 0 Å². The zero-order valence-electron chi connectivity index (χ0n) is 17.5. The summed E-state index contributed by atoms with van der Waals surface area (Å²) in [6.45, 7) is 5.62. The van der Waals surface area contributed by atoms with Crippen molar-refractivity contribution in [3.05, 3.63) is 66.1 Å². The Morgan fingerprint density at radius 2 is 1.78 bits per heavy atom. The van der Waals surface area contributed by atoms with Crippen LogP contribution in [0.15, 0.2) is 48.8 Å². The van der Waals surface area contributed by atoms with E-state index in [1.54, 1.807) is 12.1 Å². The Kier molecular flexibility index (Phi) is 5.32. The molecule has 0 unspecified atom stereocenters. The van der Waals surface area contributed by atoms with Gasteiger partial charge in [0.25, 0.3) is 5.88 Å². The Morgan fingerprint density at radius 3 is 2.56 bits per heavy atom. The number of nitrogens with zero attached hydrogens (tertiary/aromatic N) is 3. The molecule has 1 aliphatic rings. The van der Waals surface area contributed by atoms with Crippen LogP contribution >= 0.6 is 0 Å². The Balaban J connectivity index is 1.35. The summed E-state index contributed by atoms with van der Waals surface area (Å²) in [7, 11) is 0. The number of hydrogen-bond donors (Lipinski definition) is 3. The molecule has 1 fully saturated rings. The molecule has 0 atom stereocenters. The maximum Gasteiger partial charge on any atom is 0.261 e. The van der Waals surface area contributed by atoms with Crippen LogP contribution in [0.5, 0.6) is 11.6 Å². The summed E-state index contributed by atoms with van der Waals surface area (Å²) >= 11 is 0. The predicted octanol–water partition coefficient (Wildman–Crippen LogP) is 4.49. The molecule has 0 aliphatic carbocycles. The molecule has 1 saturated heterocycles. The largest absolute Gasteiger partial charge is 0.433 e. The number of nitrogens with one attached hydrogen (secondary N) is 3. The van der Waals surface area contributed by atoms with Gasteiger partial charge in [0.15, 0.2) is 17.4 Å². The average molecular weight is 436 g/mol. The van der Waals surface area contributed by atoms with Gasteiger partial charge >= 0.3 is 0 Å². The number of aromatic amines is 1. The fourth-order valence-corrected chi connectivity index (χ4v) is 3.80. The Labute approximate surface area is 183 Å². The van der Waals surface area contributed by atoms with E-state index >= 15 is 4.39 Å². The summed E-state index contributed by atoms with van der Waals surface area (Å²) in [5, 5.41) is 6.64. The normalized spacial score (nSPS) is 14.0. The monoisotopic (exact) mass is 436 g/mol. The first-order chi connectivity index (χ1) is 15.6. The van der Waals surface area contributed by atoms with Crippen LogP contribution in [0.2, 0.25) is 0 Å². The molecule has 0 bridgehead atoms. The smallest absolute Gasteiger partial charge is 0.261 e. The summed E-state index contributed by atoms with van der Waals surface area (Å²) < 4.78 is 35.3. The first-order valence-electron chi connectivity index (χ1n) is 10.4. The molecule has 1 aliphatic heterocycles. The third-order valence-corrected chi connectivity index (χ3v) is 5.41. The van der Waals surface area contributed by atoms with Crippen LogP contribution in [0.3, 0.4) is 0 Å². The van der Waals surface area contributed by atoms with Crippen LogP contribution in [0, 0.1) is 18.6 Å². The maximum atomic E-state index is 15.0. The van der Waals surface area contributed by atoms with Crippen LogP contribution in [0.25, 0.3) is 10.9 Å². The lowest BCUT2D eigenvalue weighted by atomic mass is 10.2. The van der Waals surface area contributed by atoms with E-state index in [1.807, 2.05) is 31.2 Å². The molecule has 4 aromatic rings. The second-order valence-corrected chi connectivity index (χ2v) is 7.64. The second kappa shape index (κ2) is 8.43. The molecule has 164 valence electrons. The van der Waals surface area contributed by atoms with Gasteiger partial charge in [-0.25, -0.2) is 9.37 Å². The van der Waals surface area contributed by atoms with Crippen LogP contribution in [-0.4, -0.2) is 41.1 Å². The van der Waals surface area contributed by atoms with Gasteiger partial charge in [0.2, 0.25) is 5.82 Å². The third kappa shape index (κ3) is 3.94. The summed E-state index contributed by atoms with van der Waals surface area (Å²) in [5.74, 6) is -1.90. The fraction of sp³-hybridized carbons (Fsp3) is 0.217. The summed E-state index contributed by atoms with van der Waals surface area (Å²) in [4.78, 5) is 13.1. The topological polar surface area (TPSA) is 78.1 Å². The quantitative estimate of drug-likeness (QED) is 0.428. The molecule has 0 spiro atoms. The number of anilines is 3. The molecule has 0 saturated carbocycles. The van der Waals surface area contributed by atoms with Crippen LogP contribution in [-0.2, 0) is 0 Å². The lowest BCUT2D eigenvalue weighted by Crippen LogP contribution is -2.43. The van der Waals surface area contributed by atoms with Crippen molar-refractivity contribution >= 4 is 28.1 Å². The van der Waals surface area contributed by atoms with Gasteiger partial charge in [-0.15, -0.1) is 0 Å². The van der Waals surface area contributed by atoms with Crippen molar-refractivity contribution in [3.8, 4) is 11.6 Å². The van der Waals surface area contributed by atoms with E-state index < -0.39 is 11.6 Å². The number of rotatable bonds is 5. The highest BCUT2D eigenvalue weighted by Gasteiger charge is 2.18. The number of halogens is 2. The van der Waals surface area contributed by atoms with Gasteiger partial charge in [0.05, 0.1) is 0 Å². The van der Waals surface area contributed by atoms with E-state index in [0.29, 0.717) is 16.6 Å². The number of piperazine rings is 1. The number of fused-ring (bicyclic) bond motifs is 1. The molecular weight excluding hydrogens is 414 g/mol. The van der Waals surface area contributed by atoms with Gasteiger partial charge in [-0.05, 0) is 49.4 Å². The van der Waals surface area contributed by atoms with Gasteiger partial charge in [-0.1, -0.05) is 0 Å². The predicted molar refractivity (Wildman–Crippen MR) is 120 cm³/mol. The zero-order chi connectivity index (χ0) is 22.1. The first kappa shape index (κ1) is 20.2. The SMILES string of the molecule is Cc1cc2c(F)c(Oc3ncnc(Nc4ccc(N5CCNCC5)cc4)c3F)ccc2[nH]1. The van der Waals surface area contributed by atoms with Crippen molar-refractivity contribution in [2.24, 2.45) is 0 Å². The van der Waals surface area contributed by atoms with Gasteiger partial charge in [-0.2, -0.15) is 9.37 Å². The van der Waals surface area contributed by atoms with Crippen molar-refractivity contribution in [2.45, 2.75) is 6.92 Å². The van der Waals surface area contributed by atoms with E-state index in [4.69, 9.17) is 4.74 Å². The maximum absolute atomic E-state index is 15.0. The van der Waals surface area contributed by atoms with E-state index in [2.05, 4.69) is 30.5 Å². The van der Waals surface area contributed by atoms with E-state index in [9.17, 15) is 4.39 Å². The molecule has 0 radical (unpaired) electrons. The number of aromatic nitrogens is 3. The molecular formula is C23H22F2N6O. The van der Waals surface area contributed by atoms with E-state index in [1.165, 1.54) is 12.4 Å². The van der Waals surface area contributed by atoms with Gasteiger partial charge < -0.3 is 25.3 Å². The Morgan fingerprint density at radius 1 is 1.00 bits per heavy atom. The van der Waals surface area contributed by atoms with Crippen molar-refractivity contribution in [1.82, 2.24) is 20.3 Å². The van der Waals surface area contributed by atoms with E-state index in [0.717, 1.165) is 37.6 Å². The summed E-state index contributed by atoms with van der Waals surface area (Å²) in [5.41, 5.74) is 3.23. The Bertz CT molecular complexity index is 1250. The molecule has 3 N–H and O–H groups in total. The first-order valence-corrected chi connectivity index (χ1v) is 10.4. The summed E-state index contributed by atoms with van der Waals surface area (Å²) in [6, 6.07) is 12.5. The zero-order valence-corrected chi connectivity index (χ0v) is 17.5. The number of benzene rings is 2. The molecule has 7 nitrogen and oxygen atoms in total. The fourth-order valence-electron chi connectivity index (χ4n) is 3.80. The molecule has 2 aromatic carbocycles. The number of hydrogen-bond acceptors (Lipinski definition) is 6. The molecule has 3 heterocycles. The highest BCUT2D eigenvalue weighted by Crippen LogP contribution is 2.32. The lowest BCUT2D eigenvalue weighted by molar-refractivity contribution is 0.400. The minimum atomic E-state index is -0.802. The standard InChI is InChI=1S/C23H22F2N6O/c1-14-12-17-18(29-14)6-7-19(20(17)24)32-23-21(25)22(27-13-28-23)30-15-2-4-16(5-3-15)31-10-8-26-9-11-31/h2-7,12-13,26,29H,8-11H2,1H3,(H,27,28,30). The van der Waals surface area contributed by atoms with Crippen molar-refractivity contribution < 1.29 is 13.5 Å². The number of ether oxygens (including phenoxy) is 1. The van der Waals surface area contributed by atoms with Gasteiger partial charge in [0.1, 0.15) is 6.33 Å². The molecule has 32 heavy (non-hydrogen) atoms. The minimum absolute atomic E-state index is 0.0519. The number of aryl methyl sites for hydroxylation is 1. The van der Waals surface area contributed by atoms with Gasteiger partial charge in [0, 0.05) is 54.2 Å². The Hall–Kier alpha value is -3.72. The summed E-state index contributed by atoms with van der Waals surface area (Å²) in [6.07, 6.45) is 1.17. The average Bonchev–Trinajstić information content (AvgIpc) is 3.20. The van der Waals surface area contributed by atoms with Crippen LogP contribution in [0.4, 0.5) is 26.0 Å². The van der Waals surface area contributed by atoms with E-state index in [-0.39, 0.29) is 17.4 Å². The third-order valence-electron chi connectivity index (χ3n) is 5.41. The molecule has 2 aromatic heterocycles. The minimum Gasteiger partial charge on any atom is -0.433 e. The van der Waals surface area contributed by atoms with Crippen LogP contribution < -0.4 is 20.3 Å². The number of H-pyrrole nitrogens is 1. The molecule has 9 heteroatoms. The van der Waals surface area contributed by atoms with Crippen molar-refractivity contribution in [1.29, 1.82) is 0 Å². The second-order valence-electron chi connectivity index (χ2n) is 7.64. The van der Waals surface area contributed by atoms with Crippen molar-refractivity contribution in [3.63, 3.8) is 0 Å². The lowest BCUT2D eigenvalue weighted by Gasteiger charge is -2.29. The molecule has 0 amide bonds.